The number of nitrogens with one attached hydrogen (secondary N) is 1. The molecule has 0 bridgehead atoms. The molecule has 0 saturated carbocycles. The minimum atomic E-state index is -0.238. The summed E-state index contributed by atoms with van der Waals surface area (Å²) in [6.07, 6.45) is 1.63. The number of halogens is 1. The third kappa shape index (κ3) is 6.14. The van der Waals surface area contributed by atoms with Crippen molar-refractivity contribution in [2.24, 2.45) is 5.10 Å². The Morgan fingerprint density at radius 1 is 0.811 bits per heavy atom. The van der Waals surface area contributed by atoms with Gasteiger partial charge in [-0.25, -0.2) is 5.43 Å². The molecule has 1 amide bonds. The summed E-state index contributed by atoms with van der Waals surface area (Å²) in [5, 5.41) is 14.1. The molecule has 0 radical (unpaired) electrons. The first-order valence-corrected chi connectivity index (χ1v) is 12.9. The van der Waals surface area contributed by atoms with E-state index in [1.54, 1.807) is 6.21 Å². The quantitative estimate of drug-likeness (QED) is 0.143. The van der Waals surface area contributed by atoms with Gasteiger partial charge in [-0.15, -0.1) is 10.2 Å². The van der Waals surface area contributed by atoms with Crippen LogP contribution in [0, 0.1) is 0 Å². The maximum absolute atomic E-state index is 12.5. The van der Waals surface area contributed by atoms with E-state index in [2.05, 4.69) is 32.9 Å². The second-order valence-electron chi connectivity index (χ2n) is 8.05. The van der Waals surface area contributed by atoms with E-state index in [4.69, 9.17) is 11.6 Å². The molecule has 1 N–H and O–H groups in total. The summed E-state index contributed by atoms with van der Waals surface area (Å²) >= 11 is 7.35. The van der Waals surface area contributed by atoms with Crippen LogP contribution in [0.1, 0.15) is 5.56 Å². The zero-order valence-corrected chi connectivity index (χ0v) is 21.2. The molecule has 1 heterocycles. The van der Waals surface area contributed by atoms with E-state index in [1.165, 1.54) is 11.8 Å². The van der Waals surface area contributed by atoms with Gasteiger partial charge in [-0.05, 0) is 53.1 Å². The van der Waals surface area contributed by atoms with Crippen LogP contribution in [-0.2, 0) is 4.79 Å². The van der Waals surface area contributed by atoms with Gasteiger partial charge in [-0.1, -0.05) is 96.2 Å². The molecular formula is C29H22ClN5OS. The predicted octanol–water partition coefficient (Wildman–Crippen LogP) is 6.50. The minimum Gasteiger partial charge on any atom is -0.272 e. The SMILES string of the molecule is O=C(CSc1nnc(-c2ccc(Cl)cc2)n1-c1ccccc1)N/N=C/c1ccc(-c2ccccc2)cc1. The number of hydrogen-bond donors (Lipinski definition) is 1. The topological polar surface area (TPSA) is 72.2 Å². The molecule has 0 saturated heterocycles. The summed E-state index contributed by atoms with van der Waals surface area (Å²) in [4.78, 5) is 12.5. The van der Waals surface area contributed by atoms with Crippen molar-refractivity contribution >= 4 is 35.5 Å². The monoisotopic (exact) mass is 523 g/mol. The zero-order valence-electron chi connectivity index (χ0n) is 19.7. The van der Waals surface area contributed by atoms with Crippen molar-refractivity contribution < 1.29 is 4.79 Å². The number of nitrogens with zero attached hydrogens (tertiary/aromatic N) is 4. The number of rotatable bonds is 8. The maximum atomic E-state index is 12.5. The van der Waals surface area contributed by atoms with Crippen molar-refractivity contribution in [3.05, 3.63) is 120 Å². The number of hydrogen-bond acceptors (Lipinski definition) is 5. The highest BCUT2D eigenvalue weighted by Crippen LogP contribution is 2.28. The number of hydrazone groups is 1. The molecule has 182 valence electrons. The number of thioether (sulfide) groups is 1. The Hall–Kier alpha value is -4.20. The maximum Gasteiger partial charge on any atom is 0.250 e. The highest BCUT2D eigenvalue weighted by molar-refractivity contribution is 7.99. The lowest BCUT2D eigenvalue weighted by Gasteiger charge is -2.10. The van der Waals surface area contributed by atoms with Crippen molar-refractivity contribution in [1.29, 1.82) is 0 Å². The fourth-order valence-corrected chi connectivity index (χ4v) is 4.56. The molecule has 5 aromatic rings. The van der Waals surface area contributed by atoms with Gasteiger partial charge in [0, 0.05) is 16.3 Å². The molecule has 4 aromatic carbocycles. The minimum absolute atomic E-state index is 0.135. The molecule has 0 fully saturated rings. The molecule has 0 atom stereocenters. The van der Waals surface area contributed by atoms with E-state index < -0.39 is 0 Å². The Labute approximate surface area is 224 Å². The van der Waals surface area contributed by atoms with E-state index in [0.29, 0.717) is 16.0 Å². The van der Waals surface area contributed by atoms with Crippen LogP contribution in [0.5, 0.6) is 0 Å². The van der Waals surface area contributed by atoms with Crippen LogP contribution >= 0.6 is 23.4 Å². The summed E-state index contributed by atoms with van der Waals surface area (Å²) in [6.45, 7) is 0. The third-order valence-corrected chi connectivity index (χ3v) is 6.68. The summed E-state index contributed by atoms with van der Waals surface area (Å²) in [7, 11) is 0. The molecule has 0 aliphatic heterocycles. The van der Waals surface area contributed by atoms with Crippen LogP contribution in [0.25, 0.3) is 28.2 Å². The lowest BCUT2D eigenvalue weighted by Crippen LogP contribution is -2.20. The number of carbonyl (C=O) groups is 1. The van der Waals surface area contributed by atoms with E-state index in [1.807, 2.05) is 102 Å². The molecule has 0 unspecified atom stereocenters. The first-order chi connectivity index (χ1) is 18.2. The summed E-state index contributed by atoms with van der Waals surface area (Å²) < 4.78 is 1.93. The molecule has 0 spiro atoms. The molecule has 0 aliphatic rings. The fraction of sp³-hybridized carbons (Fsp3) is 0.0345. The van der Waals surface area contributed by atoms with E-state index in [-0.39, 0.29) is 11.7 Å². The number of carbonyl (C=O) groups excluding carboxylic acids is 1. The van der Waals surface area contributed by atoms with Crippen LogP contribution in [0.15, 0.2) is 119 Å². The first-order valence-electron chi connectivity index (χ1n) is 11.5. The van der Waals surface area contributed by atoms with Gasteiger partial charge >= 0.3 is 0 Å². The smallest absolute Gasteiger partial charge is 0.250 e. The summed E-state index contributed by atoms with van der Waals surface area (Å²) in [6, 6.07) is 35.4. The third-order valence-electron chi connectivity index (χ3n) is 5.50. The summed E-state index contributed by atoms with van der Waals surface area (Å²) in [5.41, 5.74) is 7.53. The second kappa shape index (κ2) is 11.7. The van der Waals surface area contributed by atoms with Gasteiger partial charge in [-0.3, -0.25) is 9.36 Å². The Bertz CT molecular complexity index is 1500. The van der Waals surface area contributed by atoms with Crippen LogP contribution in [0.2, 0.25) is 5.02 Å². The van der Waals surface area contributed by atoms with Gasteiger partial charge in [0.2, 0.25) is 0 Å². The van der Waals surface area contributed by atoms with E-state index in [9.17, 15) is 4.79 Å². The number of benzene rings is 4. The summed E-state index contributed by atoms with van der Waals surface area (Å²) in [5.74, 6) is 0.566. The zero-order chi connectivity index (χ0) is 25.5. The largest absolute Gasteiger partial charge is 0.272 e. The van der Waals surface area contributed by atoms with Gasteiger partial charge in [-0.2, -0.15) is 5.10 Å². The molecule has 1 aromatic heterocycles. The molecule has 5 rings (SSSR count). The van der Waals surface area contributed by atoms with Crippen molar-refractivity contribution in [2.45, 2.75) is 5.16 Å². The number of para-hydroxylation sites is 1. The Morgan fingerprint density at radius 2 is 1.43 bits per heavy atom. The molecule has 0 aliphatic carbocycles. The van der Waals surface area contributed by atoms with Gasteiger partial charge in [0.05, 0.1) is 12.0 Å². The van der Waals surface area contributed by atoms with Gasteiger partial charge in [0.1, 0.15) is 0 Å². The standard InChI is InChI=1S/C29H22ClN5OS/c30-25-17-15-24(16-18-25)28-33-34-29(35(28)26-9-5-2-6-10-26)37-20-27(36)32-31-19-21-11-13-23(14-12-21)22-7-3-1-4-8-22/h1-19H,20H2,(H,32,36)/b31-19+. The molecule has 8 heteroatoms. The van der Waals surface area contributed by atoms with Crippen LogP contribution in [0.4, 0.5) is 0 Å². The normalized spacial score (nSPS) is 11.1. The van der Waals surface area contributed by atoms with Crippen molar-refractivity contribution in [3.8, 4) is 28.2 Å². The van der Waals surface area contributed by atoms with Crippen molar-refractivity contribution in [2.75, 3.05) is 5.75 Å². The lowest BCUT2D eigenvalue weighted by molar-refractivity contribution is -0.118. The number of amides is 1. The highest BCUT2D eigenvalue weighted by Gasteiger charge is 2.17. The Balaban J connectivity index is 1.24. The first kappa shape index (κ1) is 24.5. The molecular weight excluding hydrogens is 502 g/mol. The van der Waals surface area contributed by atoms with Crippen molar-refractivity contribution in [3.63, 3.8) is 0 Å². The second-order valence-corrected chi connectivity index (χ2v) is 9.43. The van der Waals surface area contributed by atoms with Crippen molar-refractivity contribution in [1.82, 2.24) is 20.2 Å². The van der Waals surface area contributed by atoms with Crippen LogP contribution in [-0.4, -0.2) is 32.6 Å². The highest BCUT2D eigenvalue weighted by atomic mass is 35.5. The Kier molecular flexibility index (Phi) is 7.74. The average molecular weight is 524 g/mol. The van der Waals surface area contributed by atoms with Gasteiger partial charge < -0.3 is 0 Å². The van der Waals surface area contributed by atoms with Crippen LogP contribution in [0.3, 0.4) is 0 Å². The van der Waals surface area contributed by atoms with Crippen LogP contribution < -0.4 is 5.43 Å². The molecule has 37 heavy (non-hydrogen) atoms. The molecule has 6 nitrogen and oxygen atoms in total. The fourth-order valence-electron chi connectivity index (χ4n) is 3.69. The van der Waals surface area contributed by atoms with E-state index in [0.717, 1.165) is 27.9 Å². The van der Waals surface area contributed by atoms with Gasteiger partial charge in [0.25, 0.3) is 5.91 Å². The number of aromatic nitrogens is 3. The Morgan fingerprint density at radius 3 is 2.14 bits per heavy atom. The predicted molar refractivity (Wildman–Crippen MR) is 150 cm³/mol. The lowest BCUT2D eigenvalue weighted by atomic mass is 10.0. The average Bonchev–Trinajstić information content (AvgIpc) is 3.38. The van der Waals surface area contributed by atoms with Gasteiger partial charge in [0.15, 0.2) is 11.0 Å². The van der Waals surface area contributed by atoms with E-state index >= 15 is 0 Å².